The molecular weight excluding hydrogens is 619 g/mol. The minimum absolute atomic E-state index is 0.0567. The summed E-state index contributed by atoms with van der Waals surface area (Å²) in [6.07, 6.45) is 14.7. The number of benzene rings is 1. The number of nitrogens with one attached hydrogen (secondary N) is 1. The van der Waals surface area contributed by atoms with Crippen molar-refractivity contribution >= 4 is 63.0 Å². The molecule has 14 heteroatoms. The molecule has 0 aliphatic carbocycles. The van der Waals surface area contributed by atoms with Crippen LogP contribution in [0, 0.1) is 18.3 Å². The summed E-state index contributed by atoms with van der Waals surface area (Å²) in [6.45, 7) is 3.98. The summed E-state index contributed by atoms with van der Waals surface area (Å²) in [5.74, 6) is 2.05. The Morgan fingerprint density at radius 3 is 2.40 bits per heavy atom. The predicted octanol–water partition coefficient (Wildman–Crippen LogP) is 4.76. The Morgan fingerprint density at radius 1 is 1.12 bits per heavy atom. The van der Waals surface area contributed by atoms with E-state index in [-0.39, 0.29) is 18.6 Å². The summed E-state index contributed by atoms with van der Waals surface area (Å²) in [6, 6.07) is 9.84. The van der Waals surface area contributed by atoms with Gasteiger partial charge in [0.25, 0.3) is 0 Å². The number of fused-ring (bicyclic) bond motifs is 1. The van der Waals surface area contributed by atoms with E-state index < -0.39 is 11.0 Å². The largest absolute Gasteiger partial charge is 0.489 e. The maximum Gasteiger partial charge on any atom is 0.128 e. The average Bonchev–Trinajstić information content (AvgIpc) is 3.37. The molecule has 3 aromatic heterocycles. The molecule has 1 atom stereocenters. The van der Waals surface area contributed by atoms with Crippen LogP contribution in [-0.4, -0.2) is 83.1 Å². The van der Waals surface area contributed by atoms with Crippen molar-refractivity contribution in [3.63, 3.8) is 0 Å². The highest BCUT2D eigenvalue weighted by molar-refractivity contribution is 7.93. The third kappa shape index (κ3) is 7.18. The van der Waals surface area contributed by atoms with Crippen LogP contribution in [0.1, 0.15) is 5.56 Å². The van der Waals surface area contributed by atoms with Gasteiger partial charge in [0.2, 0.25) is 0 Å². The summed E-state index contributed by atoms with van der Waals surface area (Å²) < 4.78 is 27.4. The zero-order valence-electron chi connectivity index (χ0n) is 22.7. The molecule has 5 heterocycles. The molecule has 1 unspecified atom stereocenters. The Labute approximate surface area is 261 Å². The van der Waals surface area contributed by atoms with Crippen molar-refractivity contribution in [2.45, 2.75) is 6.61 Å². The van der Waals surface area contributed by atoms with Crippen molar-refractivity contribution in [3.8, 4) is 29.9 Å². The number of hydrogen-bond acceptors (Lipinski definition) is 9. The molecule has 1 spiro atoms. The molecule has 6 rings (SSSR count). The number of pyridine rings is 2. The number of terminal acetylenes is 1. The SMILES string of the molecule is C#C.CS(=O)N1CC2(CN(c3ccc(-c4n[nH]c5ccc(OCc6c(Cl)cncc6Cl)cc45)cn3)C2)C1.OCCSO. The zero-order chi connectivity index (χ0) is 30.3. The molecular formula is C28H30Cl2N6O4S2. The molecule has 3 N–H and O–H groups in total. The van der Waals surface area contributed by atoms with Crippen molar-refractivity contribution in [1.82, 2.24) is 24.5 Å². The van der Waals surface area contributed by atoms with Gasteiger partial charge in [0.15, 0.2) is 0 Å². The highest BCUT2D eigenvalue weighted by atomic mass is 35.5. The van der Waals surface area contributed by atoms with E-state index in [1.807, 2.05) is 40.8 Å². The molecule has 10 nitrogen and oxygen atoms in total. The third-order valence-electron chi connectivity index (χ3n) is 6.84. The molecule has 2 aliphatic heterocycles. The maximum absolute atomic E-state index is 11.6. The summed E-state index contributed by atoms with van der Waals surface area (Å²) in [5.41, 5.74) is 3.60. The Balaban J connectivity index is 0.000000526. The van der Waals surface area contributed by atoms with Crippen molar-refractivity contribution in [1.29, 1.82) is 0 Å². The Bertz CT molecular complexity index is 1520. The minimum atomic E-state index is -0.875. The fourth-order valence-corrected chi connectivity index (χ4v) is 6.26. The van der Waals surface area contributed by atoms with E-state index in [9.17, 15) is 4.21 Å². The van der Waals surface area contributed by atoms with Crippen LogP contribution in [-0.2, 0) is 17.6 Å². The number of hydrogen-bond donors (Lipinski definition) is 3. The quantitative estimate of drug-likeness (QED) is 0.183. The lowest BCUT2D eigenvalue weighted by Gasteiger charge is -2.59. The lowest BCUT2D eigenvalue weighted by Crippen LogP contribution is -2.72. The average molecular weight is 650 g/mol. The number of H-pyrrole nitrogens is 1. The zero-order valence-corrected chi connectivity index (χ0v) is 25.9. The second-order valence-corrected chi connectivity index (χ2v) is 12.5. The fourth-order valence-electron chi connectivity index (χ4n) is 4.80. The number of ether oxygens (including phenoxy) is 1. The number of aliphatic hydroxyl groups is 1. The monoisotopic (exact) mass is 648 g/mol. The Kier molecular flexibility index (Phi) is 11.1. The van der Waals surface area contributed by atoms with Crippen LogP contribution in [0.5, 0.6) is 5.75 Å². The third-order valence-corrected chi connectivity index (χ3v) is 8.84. The smallest absolute Gasteiger partial charge is 0.128 e. The van der Waals surface area contributed by atoms with Crippen LogP contribution >= 0.6 is 35.2 Å². The number of halogens is 2. The summed E-state index contributed by atoms with van der Waals surface area (Å²) >= 11 is 13.1. The first kappa shape index (κ1) is 32.0. The molecule has 222 valence electrons. The van der Waals surface area contributed by atoms with Gasteiger partial charge in [0.1, 0.15) is 23.9 Å². The first-order chi connectivity index (χ1) is 20.3. The van der Waals surface area contributed by atoms with Crippen LogP contribution in [0.3, 0.4) is 0 Å². The van der Waals surface area contributed by atoms with Gasteiger partial charge in [-0.1, -0.05) is 23.2 Å². The predicted molar refractivity (Wildman–Crippen MR) is 170 cm³/mol. The fraction of sp³-hybridized carbons (Fsp3) is 0.321. The Hall–Kier alpha value is -2.89. The normalized spacial score (nSPS) is 15.9. The van der Waals surface area contributed by atoms with E-state index in [2.05, 4.69) is 32.9 Å². The molecule has 0 radical (unpaired) electrons. The Morgan fingerprint density at radius 2 is 1.83 bits per heavy atom. The van der Waals surface area contributed by atoms with Gasteiger partial charge in [0, 0.05) is 78.7 Å². The van der Waals surface area contributed by atoms with E-state index in [1.54, 1.807) is 18.6 Å². The van der Waals surface area contributed by atoms with E-state index in [0.717, 1.165) is 54.2 Å². The summed E-state index contributed by atoms with van der Waals surface area (Å²) in [7, 11) is -0.875. The minimum Gasteiger partial charge on any atom is -0.489 e. The van der Waals surface area contributed by atoms with Crippen LogP contribution in [0.15, 0.2) is 48.9 Å². The van der Waals surface area contributed by atoms with Crippen LogP contribution < -0.4 is 9.64 Å². The highest BCUT2D eigenvalue weighted by Crippen LogP contribution is 2.42. The second-order valence-electron chi connectivity index (χ2n) is 9.69. The lowest BCUT2D eigenvalue weighted by molar-refractivity contribution is 0.0434. The van der Waals surface area contributed by atoms with Crippen LogP contribution in [0.2, 0.25) is 10.0 Å². The molecule has 1 aromatic carbocycles. The second kappa shape index (κ2) is 14.5. The van der Waals surface area contributed by atoms with Crippen molar-refractivity contribution < 1.29 is 18.6 Å². The molecule has 2 saturated heterocycles. The highest BCUT2D eigenvalue weighted by Gasteiger charge is 2.53. The molecule has 42 heavy (non-hydrogen) atoms. The van der Waals surface area contributed by atoms with Gasteiger partial charge < -0.3 is 19.3 Å². The van der Waals surface area contributed by atoms with Gasteiger partial charge in [-0.3, -0.25) is 10.1 Å². The topological polar surface area (TPSA) is 128 Å². The molecule has 4 aromatic rings. The number of aliphatic hydroxyl groups excluding tert-OH is 1. The standard InChI is InChI=1S/C24H22Cl2N6O2S.C2H6O2S.C2H2/c1-35(33)32-13-24(14-32)11-31(12-24)22-5-2-15(7-28-22)23-17-6-16(3-4-21(17)29-30-23)34-10-18-19(25)8-27-9-20(18)26;3-1-2-5-4;1-2/h2-9H,10-14H2,1H3,(H,29,30);3-4H,1-2H2;1-2H. The number of anilines is 1. The van der Waals surface area contributed by atoms with Crippen molar-refractivity contribution in [2.24, 2.45) is 5.41 Å². The lowest BCUT2D eigenvalue weighted by atomic mass is 9.74. The molecule has 0 bridgehead atoms. The van der Waals surface area contributed by atoms with Gasteiger partial charge in [-0.15, -0.1) is 12.8 Å². The van der Waals surface area contributed by atoms with Gasteiger partial charge in [-0.05, 0) is 42.4 Å². The van der Waals surface area contributed by atoms with Gasteiger partial charge >= 0.3 is 0 Å². The van der Waals surface area contributed by atoms with E-state index in [4.69, 9.17) is 42.6 Å². The van der Waals surface area contributed by atoms with E-state index in [1.165, 1.54) is 0 Å². The van der Waals surface area contributed by atoms with Crippen molar-refractivity contribution in [2.75, 3.05) is 49.7 Å². The molecule has 2 aliphatic rings. The van der Waals surface area contributed by atoms with E-state index in [0.29, 0.717) is 39.2 Å². The van der Waals surface area contributed by atoms with Crippen molar-refractivity contribution in [3.05, 3.63) is 64.5 Å². The van der Waals surface area contributed by atoms with Crippen LogP contribution in [0.25, 0.3) is 22.2 Å². The number of aromatic nitrogens is 4. The first-order valence-electron chi connectivity index (χ1n) is 12.7. The first-order valence-corrected chi connectivity index (χ1v) is 15.9. The number of rotatable bonds is 8. The van der Waals surface area contributed by atoms with Crippen LogP contribution in [0.4, 0.5) is 5.82 Å². The molecule has 2 fully saturated rings. The number of nitrogens with zero attached hydrogens (tertiary/aromatic N) is 5. The molecule has 0 amide bonds. The molecule has 0 saturated carbocycles. The van der Waals surface area contributed by atoms with Gasteiger partial charge in [0.05, 0.1) is 33.2 Å². The maximum atomic E-state index is 11.6. The summed E-state index contributed by atoms with van der Waals surface area (Å²) in [5, 5.41) is 17.4. The number of aromatic amines is 1. The van der Waals surface area contributed by atoms with Gasteiger partial charge in [-0.2, -0.15) is 5.10 Å². The van der Waals surface area contributed by atoms with Gasteiger partial charge in [-0.25, -0.2) is 13.5 Å². The van der Waals surface area contributed by atoms with E-state index >= 15 is 0 Å². The summed E-state index contributed by atoms with van der Waals surface area (Å²) in [4.78, 5) is 10.9.